The number of Topliss-reactive ketones (excluding diaryl/α,β-unsaturated/α-hetero) is 1. The van der Waals surface area contributed by atoms with Crippen LogP contribution in [0.15, 0.2) is 6.07 Å². The summed E-state index contributed by atoms with van der Waals surface area (Å²) in [6, 6.07) is 1.58. The Morgan fingerprint density at radius 3 is 2.56 bits per heavy atom. The van der Waals surface area contributed by atoms with Crippen molar-refractivity contribution in [2.45, 2.75) is 39.5 Å². The van der Waals surface area contributed by atoms with Gasteiger partial charge in [0.1, 0.15) is 10.8 Å². The van der Waals surface area contributed by atoms with E-state index < -0.39 is 0 Å². The molecular weight excluding hydrogens is 271 g/mol. The first-order valence-corrected chi connectivity index (χ1v) is 6.97. The molecule has 4 heteroatoms. The molecule has 98 valence electrons. The van der Waals surface area contributed by atoms with E-state index in [4.69, 9.17) is 23.2 Å². The lowest BCUT2D eigenvalue weighted by atomic mass is 9.77. The molecule has 18 heavy (non-hydrogen) atoms. The Morgan fingerprint density at radius 1 is 1.33 bits per heavy atom. The van der Waals surface area contributed by atoms with E-state index >= 15 is 0 Å². The molecule has 1 N–H and O–H groups in total. The molecule has 1 aromatic carbocycles. The molecule has 2 rings (SSSR count). The lowest BCUT2D eigenvalue weighted by Gasteiger charge is -2.24. The second-order valence-electron chi connectivity index (χ2n) is 4.95. The molecule has 0 radical (unpaired) electrons. The van der Waals surface area contributed by atoms with E-state index in [9.17, 15) is 9.90 Å². The van der Waals surface area contributed by atoms with E-state index in [2.05, 4.69) is 6.92 Å². The van der Waals surface area contributed by atoms with Gasteiger partial charge in [-0.15, -0.1) is 0 Å². The fourth-order valence-corrected chi connectivity index (χ4v) is 3.35. The number of benzene rings is 1. The summed E-state index contributed by atoms with van der Waals surface area (Å²) >= 11 is 12.0. The summed E-state index contributed by atoms with van der Waals surface area (Å²) in [4.78, 5) is 12.6. The van der Waals surface area contributed by atoms with Crippen LogP contribution in [0.2, 0.25) is 10.0 Å². The van der Waals surface area contributed by atoms with Crippen molar-refractivity contribution in [2.75, 3.05) is 0 Å². The van der Waals surface area contributed by atoms with Crippen LogP contribution in [0.3, 0.4) is 0 Å². The van der Waals surface area contributed by atoms with Crippen molar-refractivity contribution in [2.24, 2.45) is 5.41 Å². The molecule has 1 aliphatic rings. The van der Waals surface area contributed by atoms with E-state index in [1.54, 1.807) is 6.07 Å². The molecule has 1 aromatic rings. The average Bonchev–Trinajstić information content (AvgIpc) is 2.61. The highest BCUT2D eigenvalue weighted by Crippen LogP contribution is 2.48. The number of halogens is 2. The molecular formula is C14H16Cl2O2. The van der Waals surface area contributed by atoms with Crippen LogP contribution in [-0.2, 0) is 6.42 Å². The van der Waals surface area contributed by atoms with Gasteiger partial charge in [-0.3, -0.25) is 4.79 Å². The summed E-state index contributed by atoms with van der Waals surface area (Å²) in [5.41, 5.74) is 0.967. The topological polar surface area (TPSA) is 37.3 Å². The van der Waals surface area contributed by atoms with Gasteiger partial charge in [0.25, 0.3) is 0 Å². The van der Waals surface area contributed by atoms with E-state index in [1.807, 2.05) is 6.92 Å². The zero-order valence-electron chi connectivity index (χ0n) is 10.5. The zero-order valence-corrected chi connectivity index (χ0v) is 12.0. The van der Waals surface area contributed by atoms with Gasteiger partial charge in [0.05, 0.1) is 5.02 Å². The van der Waals surface area contributed by atoms with Crippen molar-refractivity contribution in [3.05, 3.63) is 27.2 Å². The van der Waals surface area contributed by atoms with Crippen LogP contribution < -0.4 is 0 Å². The number of aromatic hydroxyl groups is 1. The van der Waals surface area contributed by atoms with E-state index in [1.165, 1.54) is 0 Å². The number of ketones is 1. The molecule has 1 atom stereocenters. The molecule has 0 spiro atoms. The number of carbonyl (C=O) groups excluding carboxylic acids is 1. The summed E-state index contributed by atoms with van der Waals surface area (Å²) in [5, 5.41) is 9.97. The molecule has 0 bridgehead atoms. The predicted octanol–water partition coefficient (Wildman–Crippen LogP) is 4.63. The first-order chi connectivity index (χ1) is 8.46. The van der Waals surface area contributed by atoms with Gasteiger partial charge in [-0.05, 0) is 30.9 Å². The maximum atomic E-state index is 12.6. The Labute approximate surface area is 117 Å². The highest BCUT2D eigenvalue weighted by atomic mass is 35.5. The van der Waals surface area contributed by atoms with Crippen LogP contribution in [0.25, 0.3) is 0 Å². The Hall–Kier alpha value is -0.730. The third kappa shape index (κ3) is 1.83. The van der Waals surface area contributed by atoms with E-state index in [0.717, 1.165) is 24.8 Å². The summed E-state index contributed by atoms with van der Waals surface area (Å²) in [7, 11) is 0. The van der Waals surface area contributed by atoms with Gasteiger partial charge >= 0.3 is 0 Å². The van der Waals surface area contributed by atoms with Crippen LogP contribution in [0.4, 0.5) is 0 Å². The molecule has 2 nitrogen and oxygen atoms in total. The van der Waals surface area contributed by atoms with Crippen LogP contribution in [0.5, 0.6) is 5.75 Å². The molecule has 0 aliphatic heterocycles. The lowest BCUT2D eigenvalue weighted by molar-refractivity contribution is 0.0795. The summed E-state index contributed by atoms with van der Waals surface area (Å²) in [6.07, 6.45) is 3.22. The first kappa shape index (κ1) is 13.7. The van der Waals surface area contributed by atoms with Gasteiger partial charge in [0.15, 0.2) is 5.78 Å². The van der Waals surface area contributed by atoms with Crippen molar-refractivity contribution in [3.63, 3.8) is 0 Å². The number of hydrogen-bond donors (Lipinski definition) is 1. The molecule has 0 saturated carbocycles. The van der Waals surface area contributed by atoms with Crippen LogP contribution in [0, 0.1) is 5.41 Å². The highest BCUT2D eigenvalue weighted by Gasteiger charge is 2.45. The smallest absolute Gasteiger partial charge is 0.171 e. The normalized spacial score (nSPS) is 22.3. The zero-order chi connectivity index (χ0) is 13.5. The van der Waals surface area contributed by atoms with E-state index in [0.29, 0.717) is 12.0 Å². The minimum absolute atomic E-state index is 0.0448. The fraction of sp³-hybridized carbons (Fsp3) is 0.500. The minimum Gasteiger partial charge on any atom is -0.506 e. The Balaban J connectivity index is 2.57. The number of phenols is 1. The highest BCUT2D eigenvalue weighted by molar-refractivity contribution is 6.45. The molecule has 0 amide bonds. The molecule has 0 fully saturated rings. The van der Waals surface area contributed by atoms with Gasteiger partial charge in [0.2, 0.25) is 0 Å². The Morgan fingerprint density at radius 2 is 2.00 bits per heavy atom. The molecule has 0 heterocycles. The van der Waals surface area contributed by atoms with Crippen molar-refractivity contribution in [1.82, 2.24) is 0 Å². The summed E-state index contributed by atoms with van der Waals surface area (Å²) in [5.74, 6) is 0.0327. The quantitative estimate of drug-likeness (QED) is 0.879. The maximum absolute atomic E-state index is 12.6. The Bertz CT molecular complexity index is 511. The van der Waals surface area contributed by atoms with Gasteiger partial charge in [-0.25, -0.2) is 0 Å². The number of carbonyl (C=O) groups is 1. The molecule has 1 aliphatic carbocycles. The number of hydrogen-bond acceptors (Lipinski definition) is 2. The van der Waals surface area contributed by atoms with Crippen molar-refractivity contribution in [3.8, 4) is 5.75 Å². The van der Waals surface area contributed by atoms with E-state index in [-0.39, 0.29) is 27.0 Å². The second kappa shape index (κ2) is 4.75. The predicted molar refractivity (Wildman–Crippen MR) is 73.8 cm³/mol. The van der Waals surface area contributed by atoms with Crippen molar-refractivity contribution < 1.29 is 9.90 Å². The third-order valence-electron chi connectivity index (χ3n) is 3.91. The maximum Gasteiger partial charge on any atom is 0.171 e. The number of phenolic OH excluding ortho intramolecular Hbond substituents is 1. The average molecular weight is 287 g/mol. The second-order valence-corrected chi connectivity index (χ2v) is 5.70. The minimum atomic E-state index is -0.363. The number of fused-ring (bicyclic) bond motifs is 1. The SMILES string of the molecule is CCCC1(CC)Cc2cc(O)c(Cl)c(Cl)c2C1=O. The Kier molecular flexibility index (Phi) is 3.61. The van der Waals surface area contributed by atoms with Gasteiger partial charge in [0, 0.05) is 11.0 Å². The monoisotopic (exact) mass is 286 g/mol. The van der Waals surface area contributed by atoms with Crippen LogP contribution in [0.1, 0.15) is 49.0 Å². The first-order valence-electron chi connectivity index (χ1n) is 6.21. The standard InChI is InChI=1S/C14H16Cl2O2/c1-3-5-14(4-2)7-8-6-9(17)11(15)12(16)10(8)13(14)18/h6,17H,3-5,7H2,1-2H3. The largest absolute Gasteiger partial charge is 0.506 e. The third-order valence-corrected chi connectivity index (χ3v) is 4.77. The van der Waals surface area contributed by atoms with Gasteiger partial charge in [-0.1, -0.05) is 43.5 Å². The van der Waals surface area contributed by atoms with Gasteiger partial charge < -0.3 is 5.11 Å². The van der Waals surface area contributed by atoms with Crippen LogP contribution in [-0.4, -0.2) is 10.9 Å². The lowest BCUT2D eigenvalue weighted by Crippen LogP contribution is -2.27. The summed E-state index contributed by atoms with van der Waals surface area (Å²) < 4.78 is 0. The van der Waals surface area contributed by atoms with Crippen molar-refractivity contribution in [1.29, 1.82) is 0 Å². The van der Waals surface area contributed by atoms with Crippen molar-refractivity contribution >= 4 is 29.0 Å². The van der Waals surface area contributed by atoms with Crippen LogP contribution >= 0.6 is 23.2 Å². The fourth-order valence-electron chi connectivity index (χ4n) is 2.90. The molecule has 0 aromatic heterocycles. The molecule has 0 saturated heterocycles. The summed E-state index contributed by atoms with van der Waals surface area (Å²) in [6.45, 7) is 4.09. The van der Waals surface area contributed by atoms with Gasteiger partial charge in [-0.2, -0.15) is 0 Å². The molecule has 1 unspecified atom stereocenters. The number of rotatable bonds is 3.